The maximum absolute atomic E-state index is 12.7. The summed E-state index contributed by atoms with van der Waals surface area (Å²) in [5, 5.41) is 4.43. The third-order valence-corrected chi connectivity index (χ3v) is 4.29. The summed E-state index contributed by atoms with van der Waals surface area (Å²) >= 11 is 0. The SMILES string of the molecule is CC(C)n1ccc(CC(=O)N2CCOC[C@@H]2CC(=O)c2ccco2)n1. The molecular weight excluding hydrogens is 322 g/mol. The number of rotatable bonds is 6. The first-order chi connectivity index (χ1) is 12.0. The van der Waals surface area contributed by atoms with Crippen molar-refractivity contribution in [2.75, 3.05) is 19.8 Å². The Morgan fingerprint density at radius 1 is 1.36 bits per heavy atom. The molecule has 0 saturated carbocycles. The van der Waals surface area contributed by atoms with E-state index in [1.165, 1.54) is 6.26 Å². The van der Waals surface area contributed by atoms with Gasteiger partial charge in [0.15, 0.2) is 11.5 Å². The maximum Gasteiger partial charge on any atom is 0.229 e. The molecule has 0 unspecified atom stereocenters. The lowest BCUT2D eigenvalue weighted by atomic mass is 10.1. The van der Waals surface area contributed by atoms with E-state index in [0.717, 1.165) is 5.69 Å². The van der Waals surface area contributed by atoms with E-state index >= 15 is 0 Å². The van der Waals surface area contributed by atoms with Gasteiger partial charge in [-0.1, -0.05) is 0 Å². The fourth-order valence-electron chi connectivity index (χ4n) is 2.92. The Bertz CT molecular complexity index is 721. The van der Waals surface area contributed by atoms with Gasteiger partial charge in [0.2, 0.25) is 5.91 Å². The van der Waals surface area contributed by atoms with E-state index in [2.05, 4.69) is 5.10 Å². The van der Waals surface area contributed by atoms with Crippen molar-refractivity contribution < 1.29 is 18.7 Å². The Balaban J connectivity index is 1.65. The Labute approximate surface area is 146 Å². The minimum absolute atomic E-state index is 0.0328. The summed E-state index contributed by atoms with van der Waals surface area (Å²) in [7, 11) is 0. The number of aromatic nitrogens is 2. The Morgan fingerprint density at radius 2 is 2.20 bits per heavy atom. The Hall–Kier alpha value is -2.41. The minimum Gasteiger partial charge on any atom is -0.461 e. The van der Waals surface area contributed by atoms with E-state index in [1.54, 1.807) is 17.0 Å². The van der Waals surface area contributed by atoms with Crippen LogP contribution in [0.4, 0.5) is 0 Å². The van der Waals surface area contributed by atoms with Crippen LogP contribution < -0.4 is 0 Å². The molecule has 0 spiro atoms. The highest BCUT2D eigenvalue weighted by molar-refractivity contribution is 5.94. The van der Waals surface area contributed by atoms with Crippen LogP contribution in [0.1, 0.15) is 42.6 Å². The van der Waals surface area contributed by atoms with Crippen LogP contribution in [-0.2, 0) is 16.0 Å². The predicted molar refractivity (Wildman–Crippen MR) is 90.3 cm³/mol. The minimum atomic E-state index is -0.272. The second-order valence-electron chi connectivity index (χ2n) is 6.48. The van der Waals surface area contributed by atoms with Gasteiger partial charge in [-0.2, -0.15) is 5.10 Å². The van der Waals surface area contributed by atoms with E-state index in [1.807, 2.05) is 30.8 Å². The van der Waals surface area contributed by atoms with Crippen LogP contribution in [0, 0.1) is 0 Å². The van der Waals surface area contributed by atoms with Gasteiger partial charge in [0, 0.05) is 25.2 Å². The average Bonchev–Trinajstić information content (AvgIpc) is 3.27. The zero-order valence-corrected chi connectivity index (χ0v) is 14.6. The molecule has 3 rings (SSSR count). The third kappa shape index (κ3) is 4.17. The molecule has 1 aliphatic heterocycles. The summed E-state index contributed by atoms with van der Waals surface area (Å²) in [5.74, 6) is 0.158. The lowest BCUT2D eigenvalue weighted by molar-refractivity contribution is -0.139. The zero-order chi connectivity index (χ0) is 17.8. The van der Waals surface area contributed by atoms with Crippen molar-refractivity contribution in [3.8, 4) is 0 Å². The molecule has 2 aromatic rings. The fraction of sp³-hybridized carbons (Fsp3) is 0.500. The van der Waals surface area contributed by atoms with Crippen molar-refractivity contribution in [2.45, 2.75) is 38.8 Å². The number of hydrogen-bond donors (Lipinski definition) is 0. The molecule has 1 fully saturated rings. The molecule has 25 heavy (non-hydrogen) atoms. The van der Waals surface area contributed by atoms with E-state index in [-0.39, 0.29) is 36.6 Å². The van der Waals surface area contributed by atoms with Crippen LogP contribution in [0.3, 0.4) is 0 Å². The lowest BCUT2D eigenvalue weighted by Gasteiger charge is -2.35. The number of carbonyl (C=O) groups is 2. The maximum atomic E-state index is 12.7. The molecule has 0 aliphatic carbocycles. The van der Waals surface area contributed by atoms with Gasteiger partial charge in [0.1, 0.15) is 0 Å². The number of Topliss-reactive ketones (excluding diaryl/α,β-unsaturated/α-hetero) is 1. The van der Waals surface area contributed by atoms with Crippen molar-refractivity contribution in [3.05, 3.63) is 42.1 Å². The van der Waals surface area contributed by atoms with Crippen molar-refractivity contribution in [2.24, 2.45) is 0 Å². The summed E-state index contributed by atoms with van der Waals surface area (Å²) in [6, 6.07) is 5.16. The van der Waals surface area contributed by atoms with E-state index in [0.29, 0.717) is 25.5 Å². The normalized spacial score (nSPS) is 17.9. The molecule has 1 amide bonds. The van der Waals surface area contributed by atoms with Crippen LogP contribution in [0.2, 0.25) is 0 Å². The molecule has 0 N–H and O–H groups in total. The number of furan rings is 1. The van der Waals surface area contributed by atoms with Gasteiger partial charge >= 0.3 is 0 Å². The molecule has 0 radical (unpaired) electrons. The van der Waals surface area contributed by atoms with Gasteiger partial charge in [0.05, 0.1) is 37.6 Å². The first-order valence-electron chi connectivity index (χ1n) is 8.52. The summed E-state index contributed by atoms with van der Waals surface area (Å²) in [6.45, 7) is 5.41. The summed E-state index contributed by atoms with van der Waals surface area (Å²) in [5.41, 5.74) is 0.737. The van der Waals surface area contributed by atoms with Crippen molar-refractivity contribution in [3.63, 3.8) is 0 Å². The first-order valence-corrected chi connectivity index (χ1v) is 8.52. The van der Waals surface area contributed by atoms with E-state index in [4.69, 9.17) is 9.15 Å². The molecule has 134 valence electrons. The molecular formula is C18H23N3O4. The predicted octanol–water partition coefficient (Wildman–Crippen LogP) is 2.10. The molecule has 1 atom stereocenters. The molecule has 7 nitrogen and oxygen atoms in total. The van der Waals surface area contributed by atoms with Crippen LogP contribution in [0.15, 0.2) is 35.1 Å². The smallest absolute Gasteiger partial charge is 0.229 e. The number of carbonyl (C=O) groups excluding carboxylic acids is 2. The largest absolute Gasteiger partial charge is 0.461 e. The molecule has 7 heteroatoms. The van der Waals surface area contributed by atoms with Crippen molar-refractivity contribution >= 4 is 11.7 Å². The van der Waals surface area contributed by atoms with Gasteiger partial charge < -0.3 is 14.1 Å². The monoisotopic (exact) mass is 345 g/mol. The van der Waals surface area contributed by atoms with Gasteiger partial charge in [-0.3, -0.25) is 14.3 Å². The second kappa shape index (κ2) is 7.65. The third-order valence-electron chi connectivity index (χ3n) is 4.29. The molecule has 1 saturated heterocycles. The summed E-state index contributed by atoms with van der Waals surface area (Å²) in [4.78, 5) is 26.7. The Kier molecular flexibility index (Phi) is 5.33. The number of ether oxygens (including phenoxy) is 1. The van der Waals surface area contributed by atoms with Crippen LogP contribution in [0.5, 0.6) is 0 Å². The molecule has 0 aromatic carbocycles. The Morgan fingerprint density at radius 3 is 2.88 bits per heavy atom. The summed E-state index contributed by atoms with van der Waals surface area (Å²) in [6.07, 6.45) is 3.77. The zero-order valence-electron chi connectivity index (χ0n) is 14.6. The van der Waals surface area contributed by atoms with Crippen molar-refractivity contribution in [1.82, 2.24) is 14.7 Å². The van der Waals surface area contributed by atoms with Gasteiger partial charge in [0.25, 0.3) is 0 Å². The first kappa shape index (κ1) is 17.4. The second-order valence-corrected chi connectivity index (χ2v) is 6.48. The van der Waals surface area contributed by atoms with E-state index < -0.39 is 0 Å². The standard InChI is InChI=1S/C18H23N3O4/c1-13(2)21-6-5-14(19-21)10-18(23)20-7-9-24-12-15(20)11-16(22)17-4-3-8-25-17/h3-6,8,13,15H,7,9-12H2,1-2H3/t15-/m0/s1. The van der Waals surface area contributed by atoms with Crippen LogP contribution in [0.25, 0.3) is 0 Å². The molecule has 0 bridgehead atoms. The van der Waals surface area contributed by atoms with Crippen molar-refractivity contribution in [1.29, 1.82) is 0 Å². The van der Waals surface area contributed by atoms with Gasteiger partial charge in [-0.05, 0) is 32.0 Å². The van der Waals surface area contributed by atoms with E-state index in [9.17, 15) is 9.59 Å². The average molecular weight is 345 g/mol. The van der Waals surface area contributed by atoms with Gasteiger partial charge in [-0.15, -0.1) is 0 Å². The highest BCUT2D eigenvalue weighted by Crippen LogP contribution is 2.16. The summed E-state index contributed by atoms with van der Waals surface area (Å²) < 4.78 is 12.5. The lowest BCUT2D eigenvalue weighted by Crippen LogP contribution is -2.50. The molecule has 1 aliphatic rings. The highest BCUT2D eigenvalue weighted by Gasteiger charge is 2.30. The number of hydrogen-bond acceptors (Lipinski definition) is 5. The quantitative estimate of drug-likeness (QED) is 0.749. The molecule has 3 heterocycles. The fourth-order valence-corrected chi connectivity index (χ4v) is 2.92. The number of ketones is 1. The number of morpholine rings is 1. The number of nitrogens with zero attached hydrogens (tertiary/aromatic N) is 3. The number of amides is 1. The molecule has 2 aromatic heterocycles. The van der Waals surface area contributed by atoms with Crippen LogP contribution in [-0.4, -0.2) is 52.2 Å². The highest BCUT2D eigenvalue weighted by atomic mass is 16.5. The van der Waals surface area contributed by atoms with Gasteiger partial charge in [-0.25, -0.2) is 0 Å². The van der Waals surface area contributed by atoms with Crippen LogP contribution >= 0.6 is 0 Å². The topological polar surface area (TPSA) is 77.6 Å².